The van der Waals surface area contributed by atoms with E-state index in [1.807, 2.05) is 36.4 Å². The van der Waals surface area contributed by atoms with Crippen LogP contribution in [0.1, 0.15) is 28.7 Å². The Balaban J connectivity index is 1.91. The predicted octanol–water partition coefficient (Wildman–Crippen LogP) is 3.05. The van der Waals surface area contributed by atoms with Gasteiger partial charge in [-0.3, -0.25) is 9.38 Å². The molecule has 0 aliphatic rings. The Labute approximate surface area is 154 Å². The van der Waals surface area contributed by atoms with Crippen molar-refractivity contribution in [2.75, 3.05) is 14.2 Å². The van der Waals surface area contributed by atoms with Gasteiger partial charge in [-0.2, -0.15) is 4.37 Å². The first-order chi connectivity index (χ1) is 12.5. The molecule has 4 rings (SSSR count). The quantitative estimate of drug-likeness (QED) is 0.595. The van der Waals surface area contributed by atoms with Crippen LogP contribution in [0.5, 0.6) is 11.5 Å². The van der Waals surface area contributed by atoms with Crippen molar-refractivity contribution in [3.63, 3.8) is 0 Å². The summed E-state index contributed by atoms with van der Waals surface area (Å²) >= 11 is 1.24. The van der Waals surface area contributed by atoms with Gasteiger partial charge in [0.25, 0.3) is 0 Å². The molecule has 0 radical (unpaired) electrons. The molecule has 1 N–H and O–H groups in total. The van der Waals surface area contributed by atoms with Crippen LogP contribution in [-0.4, -0.2) is 38.1 Å². The molecule has 0 saturated heterocycles. The Hall–Kier alpha value is -2.71. The summed E-state index contributed by atoms with van der Waals surface area (Å²) in [6, 6.07) is 5.64. The van der Waals surface area contributed by atoms with Crippen molar-refractivity contribution in [2.45, 2.75) is 20.0 Å². The first kappa shape index (κ1) is 16.7. The first-order valence-electron chi connectivity index (χ1n) is 8.05. The molecule has 1 atom stereocenters. The molecule has 26 heavy (non-hydrogen) atoms. The summed E-state index contributed by atoms with van der Waals surface area (Å²) in [5.41, 5.74) is 3.88. The zero-order valence-corrected chi connectivity index (χ0v) is 15.7. The molecule has 3 aromatic heterocycles. The number of nitrogens with zero attached hydrogens (tertiary/aromatic N) is 4. The van der Waals surface area contributed by atoms with Crippen molar-refractivity contribution in [2.24, 2.45) is 0 Å². The lowest BCUT2D eigenvalue weighted by molar-refractivity contribution is 0.203. The van der Waals surface area contributed by atoms with E-state index in [4.69, 9.17) is 9.47 Å². The Bertz CT molecular complexity index is 1120. The van der Waals surface area contributed by atoms with Gasteiger partial charge in [0.05, 0.1) is 30.9 Å². The molecule has 0 amide bonds. The highest BCUT2D eigenvalue weighted by Gasteiger charge is 2.25. The Kier molecular flexibility index (Phi) is 4.01. The molecule has 0 aliphatic carbocycles. The number of benzene rings is 1. The van der Waals surface area contributed by atoms with Gasteiger partial charge in [0.15, 0.2) is 11.9 Å². The fourth-order valence-corrected chi connectivity index (χ4v) is 3.96. The van der Waals surface area contributed by atoms with Crippen molar-refractivity contribution in [3.8, 4) is 11.5 Å². The largest absolute Gasteiger partial charge is 0.497 e. The van der Waals surface area contributed by atoms with E-state index in [1.165, 1.54) is 11.5 Å². The SMILES string of the molecule is COc1ccc2nc3snc(C(O)c4ncc(C)c(OC)c4C)n3c2c1. The van der Waals surface area contributed by atoms with Crippen LogP contribution in [0.2, 0.25) is 0 Å². The number of aliphatic hydroxyl groups excluding tert-OH is 1. The van der Waals surface area contributed by atoms with E-state index in [9.17, 15) is 5.11 Å². The lowest BCUT2D eigenvalue weighted by atomic mass is 10.1. The molecule has 0 aliphatic heterocycles. The molecular formula is C18H18N4O3S. The van der Waals surface area contributed by atoms with E-state index in [0.717, 1.165) is 33.7 Å². The summed E-state index contributed by atoms with van der Waals surface area (Å²) in [6.45, 7) is 3.81. The average molecular weight is 370 g/mol. The number of methoxy groups -OCH3 is 2. The molecule has 7 nitrogen and oxygen atoms in total. The topological polar surface area (TPSA) is 81.8 Å². The number of ether oxygens (including phenoxy) is 2. The Morgan fingerprint density at radius 3 is 2.73 bits per heavy atom. The average Bonchev–Trinajstić information content (AvgIpc) is 3.20. The van der Waals surface area contributed by atoms with E-state index in [1.54, 1.807) is 20.4 Å². The fraction of sp³-hybridized carbons (Fsp3) is 0.278. The van der Waals surface area contributed by atoms with Gasteiger partial charge in [-0.1, -0.05) is 0 Å². The summed E-state index contributed by atoms with van der Waals surface area (Å²) < 4.78 is 17.0. The van der Waals surface area contributed by atoms with Crippen LogP contribution in [0.3, 0.4) is 0 Å². The third-order valence-corrected chi connectivity index (χ3v) is 5.18. The Morgan fingerprint density at radius 1 is 1.19 bits per heavy atom. The second-order valence-electron chi connectivity index (χ2n) is 6.01. The third-order valence-electron chi connectivity index (χ3n) is 4.47. The number of fused-ring (bicyclic) bond motifs is 3. The summed E-state index contributed by atoms with van der Waals surface area (Å²) in [6.07, 6.45) is 0.699. The van der Waals surface area contributed by atoms with Crippen LogP contribution >= 0.6 is 11.5 Å². The van der Waals surface area contributed by atoms with E-state index in [2.05, 4.69) is 14.3 Å². The van der Waals surface area contributed by atoms with Crippen molar-refractivity contribution < 1.29 is 14.6 Å². The molecule has 0 fully saturated rings. The highest BCUT2D eigenvalue weighted by atomic mass is 32.1. The summed E-state index contributed by atoms with van der Waals surface area (Å²) in [5.74, 6) is 1.91. The number of aryl methyl sites for hydroxylation is 1. The van der Waals surface area contributed by atoms with E-state index in [0.29, 0.717) is 16.5 Å². The van der Waals surface area contributed by atoms with Crippen LogP contribution < -0.4 is 9.47 Å². The van der Waals surface area contributed by atoms with E-state index < -0.39 is 6.10 Å². The number of aromatic nitrogens is 4. The van der Waals surface area contributed by atoms with Gasteiger partial charge >= 0.3 is 0 Å². The van der Waals surface area contributed by atoms with Crippen LogP contribution in [0.25, 0.3) is 16.0 Å². The normalized spacial score (nSPS) is 12.7. The van der Waals surface area contributed by atoms with Gasteiger partial charge in [0.1, 0.15) is 11.5 Å². The molecule has 0 bridgehead atoms. The highest BCUT2D eigenvalue weighted by Crippen LogP contribution is 2.33. The molecule has 8 heteroatoms. The van der Waals surface area contributed by atoms with Crippen molar-refractivity contribution >= 4 is 27.5 Å². The first-order valence-corrected chi connectivity index (χ1v) is 8.82. The van der Waals surface area contributed by atoms with E-state index in [-0.39, 0.29) is 0 Å². The van der Waals surface area contributed by atoms with E-state index >= 15 is 0 Å². The molecular weight excluding hydrogens is 352 g/mol. The van der Waals surface area contributed by atoms with Crippen molar-refractivity contribution in [1.29, 1.82) is 0 Å². The van der Waals surface area contributed by atoms with Crippen molar-refractivity contribution in [1.82, 2.24) is 18.7 Å². The maximum Gasteiger partial charge on any atom is 0.214 e. The van der Waals surface area contributed by atoms with Gasteiger partial charge in [-0.25, -0.2) is 4.98 Å². The number of aliphatic hydroxyl groups is 1. The molecule has 4 aromatic rings. The van der Waals surface area contributed by atoms with Gasteiger partial charge in [-0.15, -0.1) is 0 Å². The van der Waals surface area contributed by atoms with Crippen molar-refractivity contribution in [3.05, 3.63) is 47.0 Å². The fourth-order valence-electron chi connectivity index (χ4n) is 3.19. The van der Waals surface area contributed by atoms with Crippen LogP contribution in [0, 0.1) is 13.8 Å². The Morgan fingerprint density at radius 2 is 2.00 bits per heavy atom. The second kappa shape index (κ2) is 6.22. The monoisotopic (exact) mass is 370 g/mol. The minimum absolute atomic E-state index is 0.474. The number of pyridine rings is 1. The number of rotatable bonds is 4. The predicted molar refractivity (Wildman–Crippen MR) is 99.2 cm³/mol. The highest BCUT2D eigenvalue weighted by molar-refractivity contribution is 7.11. The third kappa shape index (κ3) is 2.41. The minimum atomic E-state index is -0.998. The minimum Gasteiger partial charge on any atom is -0.497 e. The van der Waals surface area contributed by atoms with Gasteiger partial charge in [0, 0.05) is 34.9 Å². The molecule has 3 heterocycles. The lowest BCUT2D eigenvalue weighted by Crippen LogP contribution is -2.10. The number of imidazole rings is 1. The van der Waals surface area contributed by atoms with Crippen LogP contribution in [-0.2, 0) is 0 Å². The molecule has 1 aromatic carbocycles. The standard InChI is InChI=1S/C18H18N4O3S/c1-9-8-19-14(10(2)16(9)25-4)15(23)17-21-26-18-20-12-6-5-11(24-3)7-13(12)22(17)18/h5-8,15,23H,1-4H3. The smallest absolute Gasteiger partial charge is 0.214 e. The lowest BCUT2D eigenvalue weighted by Gasteiger charge is -2.15. The number of hydrogen-bond donors (Lipinski definition) is 1. The second-order valence-corrected chi connectivity index (χ2v) is 6.74. The maximum absolute atomic E-state index is 11.0. The van der Waals surface area contributed by atoms with Crippen LogP contribution in [0.15, 0.2) is 24.4 Å². The maximum atomic E-state index is 11.0. The molecule has 0 saturated carbocycles. The zero-order chi connectivity index (χ0) is 18.4. The molecule has 1 unspecified atom stereocenters. The van der Waals surface area contributed by atoms with Gasteiger partial charge in [0.2, 0.25) is 4.96 Å². The zero-order valence-electron chi connectivity index (χ0n) is 14.8. The summed E-state index contributed by atoms with van der Waals surface area (Å²) in [5, 5.41) is 11.0. The van der Waals surface area contributed by atoms with Gasteiger partial charge < -0.3 is 14.6 Å². The summed E-state index contributed by atoms with van der Waals surface area (Å²) in [4.78, 5) is 9.70. The summed E-state index contributed by atoms with van der Waals surface area (Å²) in [7, 11) is 3.23. The molecule has 134 valence electrons. The van der Waals surface area contributed by atoms with Gasteiger partial charge in [-0.05, 0) is 26.0 Å². The van der Waals surface area contributed by atoms with Crippen LogP contribution in [0.4, 0.5) is 0 Å². The number of hydrogen-bond acceptors (Lipinski definition) is 7. The molecule has 0 spiro atoms.